The zero-order chi connectivity index (χ0) is 11.6. The smallest absolute Gasteiger partial charge is 0.405 e. The number of ether oxygens (including phenoxy) is 1. The number of hydrogen-bond donors (Lipinski definition) is 2. The first-order valence-corrected chi connectivity index (χ1v) is 3.87. The molecule has 0 atom stereocenters. The Balaban J connectivity index is 3.15. The summed E-state index contributed by atoms with van der Waals surface area (Å²) in [5.41, 5.74) is 9.74. The molecule has 0 aromatic heterocycles. The lowest BCUT2D eigenvalue weighted by Crippen LogP contribution is -2.19. The molecule has 0 saturated carbocycles. The fraction of sp³-hybridized carbons (Fsp3) is 0.250. The summed E-state index contributed by atoms with van der Waals surface area (Å²) < 4.78 is 52.3. The Morgan fingerprint density at radius 1 is 1.27 bits per heavy atom. The summed E-state index contributed by atoms with van der Waals surface area (Å²) in [6, 6.07) is 1.75. The van der Waals surface area contributed by atoms with Gasteiger partial charge in [-0.15, -0.1) is 13.2 Å². The summed E-state index contributed by atoms with van der Waals surface area (Å²) >= 11 is 0. The molecule has 15 heavy (non-hydrogen) atoms. The molecule has 0 fully saturated rings. The Labute approximate surface area is 82.6 Å². The highest BCUT2D eigenvalue weighted by molar-refractivity contribution is 5.49. The maximum absolute atomic E-state index is 13.1. The highest BCUT2D eigenvalue weighted by Crippen LogP contribution is 2.30. The topological polar surface area (TPSA) is 61.3 Å². The van der Waals surface area contributed by atoms with E-state index < -0.39 is 24.5 Å². The van der Waals surface area contributed by atoms with Crippen molar-refractivity contribution in [1.29, 1.82) is 0 Å². The minimum atomic E-state index is -4.90. The molecule has 0 bridgehead atoms. The van der Waals surface area contributed by atoms with Crippen LogP contribution < -0.4 is 16.2 Å². The Hall–Kier alpha value is -1.50. The second-order valence-electron chi connectivity index (χ2n) is 2.73. The van der Waals surface area contributed by atoms with Crippen molar-refractivity contribution in [2.45, 2.75) is 12.9 Å². The number of alkyl halides is 3. The van der Waals surface area contributed by atoms with Crippen LogP contribution in [0.1, 0.15) is 5.56 Å². The molecule has 1 rings (SSSR count). The Bertz CT molecular complexity index is 364. The maximum Gasteiger partial charge on any atom is 0.573 e. The standard InChI is InChI=1S/C8H8F4N2O/c9-6-1-4(14)2-7(5(6)3-13)15-8(10,11)12/h1-2H,3,13-14H2. The molecule has 7 heteroatoms. The molecule has 84 valence electrons. The fourth-order valence-corrected chi connectivity index (χ4v) is 1.05. The second kappa shape index (κ2) is 3.93. The third-order valence-corrected chi connectivity index (χ3v) is 1.61. The zero-order valence-corrected chi connectivity index (χ0v) is 7.44. The van der Waals surface area contributed by atoms with Gasteiger partial charge in [-0.1, -0.05) is 0 Å². The van der Waals surface area contributed by atoms with Gasteiger partial charge in [0.15, 0.2) is 0 Å². The quantitative estimate of drug-likeness (QED) is 0.594. The summed E-state index contributed by atoms with van der Waals surface area (Å²) in [4.78, 5) is 0. The van der Waals surface area contributed by atoms with Crippen molar-refractivity contribution in [3.63, 3.8) is 0 Å². The maximum atomic E-state index is 13.1. The van der Waals surface area contributed by atoms with E-state index in [2.05, 4.69) is 4.74 Å². The van der Waals surface area contributed by atoms with E-state index in [1.165, 1.54) is 0 Å². The highest BCUT2D eigenvalue weighted by Gasteiger charge is 2.32. The third kappa shape index (κ3) is 2.98. The highest BCUT2D eigenvalue weighted by atomic mass is 19.4. The molecule has 0 spiro atoms. The molecule has 0 aliphatic heterocycles. The number of nitrogen functional groups attached to an aromatic ring is 1. The average molecular weight is 224 g/mol. The van der Waals surface area contributed by atoms with Crippen molar-refractivity contribution in [3.8, 4) is 5.75 Å². The molecule has 0 aliphatic rings. The number of halogens is 4. The summed E-state index contributed by atoms with van der Waals surface area (Å²) in [6.07, 6.45) is -4.90. The van der Waals surface area contributed by atoms with E-state index in [1.54, 1.807) is 0 Å². The SMILES string of the molecule is NCc1c(F)cc(N)cc1OC(F)(F)F. The molecule has 0 amide bonds. The largest absolute Gasteiger partial charge is 0.573 e. The van der Waals surface area contributed by atoms with Gasteiger partial charge in [0.1, 0.15) is 11.6 Å². The van der Waals surface area contributed by atoms with E-state index in [0.29, 0.717) is 0 Å². The van der Waals surface area contributed by atoms with Gasteiger partial charge in [0.2, 0.25) is 0 Å². The minimum absolute atomic E-state index is 0.163. The predicted octanol–water partition coefficient (Wildman–Crippen LogP) is 1.77. The summed E-state index contributed by atoms with van der Waals surface area (Å²) in [5, 5.41) is 0. The van der Waals surface area contributed by atoms with Crippen molar-refractivity contribution < 1.29 is 22.3 Å². The monoisotopic (exact) mass is 224 g/mol. The average Bonchev–Trinajstić information content (AvgIpc) is 1.99. The lowest BCUT2D eigenvalue weighted by molar-refractivity contribution is -0.274. The molecule has 1 aromatic rings. The van der Waals surface area contributed by atoms with Gasteiger partial charge in [0.05, 0.1) is 0 Å². The Kier molecular flexibility index (Phi) is 3.04. The van der Waals surface area contributed by atoms with Crippen LogP contribution in [-0.4, -0.2) is 6.36 Å². The molecule has 0 saturated heterocycles. The van der Waals surface area contributed by atoms with Gasteiger partial charge in [-0.25, -0.2) is 4.39 Å². The van der Waals surface area contributed by atoms with E-state index in [4.69, 9.17) is 11.5 Å². The molecule has 4 N–H and O–H groups in total. The number of nitrogens with two attached hydrogens (primary N) is 2. The zero-order valence-electron chi connectivity index (χ0n) is 7.44. The van der Waals surface area contributed by atoms with Crippen LogP contribution in [0.5, 0.6) is 5.75 Å². The van der Waals surface area contributed by atoms with Crippen molar-refractivity contribution in [2.24, 2.45) is 5.73 Å². The van der Waals surface area contributed by atoms with Crippen molar-refractivity contribution >= 4 is 5.69 Å². The third-order valence-electron chi connectivity index (χ3n) is 1.61. The van der Waals surface area contributed by atoms with Gasteiger partial charge in [-0.3, -0.25) is 0 Å². The second-order valence-corrected chi connectivity index (χ2v) is 2.73. The summed E-state index contributed by atoms with van der Waals surface area (Å²) in [7, 11) is 0. The normalized spacial score (nSPS) is 11.5. The van der Waals surface area contributed by atoms with Crippen LogP contribution in [-0.2, 0) is 6.54 Å². The van der Waals surface area contributed by atoms with Gasteiger partial charge in [0, 0.05) is 23.9 Å². The first kappa shape index (κ1) is 11.6. The lowest BCUT2D eigenvalue weighted by Gasteiger charge is -2.13. The first-order chi connectivity index (χ1) is 6.83. The summed E-state index contributed by atoms with van der Waals surface area (Å²) in [5.74, 6) is -1.63. The van der Waals surface area contributed by atoms with Crippen LogP contribution in [0.4, 0.5) is 23.2 Å². The molecular weight excluding hydrogens is 216 g/mol. The van der Waals surface area contributed by atoms with Crippen LogP contribution in [0.2, 0.25) is 0 Å². The molecule has 1 aromatic carbocycles. The number of hydrogen-bond acceptors (Lipinski definition) is 3. The number of benzene rings is 1. The van der Waals surface area contributed by atoms with E-state index >= 15 is 0 Å². The Morgan fingerprint density at radius 3 is 2.33 bits per heavy atom. The van der Waals surface area contributed by atoms with E-state index in [0.717, 1.165) is 12.1 Å². The molecule has 3 nitrogen and oxygen atoms in total. The van der Waals surface area contributed by atoms with Gasteiger partial charge in [-0.05, 0) is 6.07 Å². The van der Waals surface area contributed by atoms with E-state index in [-0.39, 0.29) is 11.3 Å². The van der Waals surface area contributed by atoms with Crippen molar-refractivity contribution in [2.75, 3.05) is 5.73 Å². The van der Waals surface area contributed by atoms with Crippen molar-refractivity contribution in [3.05, 3.63) is 23.5 Å². The van der Waals surface area contributed by atoms with E-state index in [1.807, 2.05) is 0 Å². The Morgan fingerprint density at radius 2 is 1.87 bits per heavy atom. The number of rotatable bonds is 2. The van der Waals surface area contributed by atoms with Gasteiger partial charge in [0.25, 0.3) is 0 Å². The van der Waals surface area contributed by atoms with Crippen LogP contribution in [0.25, 0.3) is 0 Å². The van der Waals surface area contributed by atoms with Gasteiger partial charge >= 0.3 is 6.36 Å². The van der Waals surface area contributed by atoms with Crippen LogP contribution >= 0.6 is 0 Å². The predicted molar refractivity (Wildman–Crippen MR) is 45.4 cm³/mol. The van der Waals surface area contributed by atoms with Gasteiger partial charge in [-0.2, -0.15) is 0 Å². The molecule has 0 heterocycles. The minimum Gasteiger partial charge on any atom is -0.405 e. The molecule has 0 unspecified atom stereocenters. The van der Waals surface area contributed by atoms with Crippen LogP contribution in [0.3, 0.4) is 0 Å². The van der Waals surface area contributed by atoms with Crippen LogP contribution in [0.15, 0.2) is 12.1 Å². The first-order valence-electron chi connectivity index (χ1n) is 3.87. The van der Waals surface area contributed by atoms with Crippen LogP contribution in [0, 0.1) is 5.82 Å². The lowest BCUT2D eigenvalue weighted by atomic mass is 10.1. The molecule has 0 radical (unpaired) electrons. The van der Waals surface area contributed by atoms with Crippen molar-refractivity contribution in [1.82, 2.24) is 0 Å². The molecule has 0 aliphatic carbocycles. The summed E-state index contributed by atoms with van der Waals surface area (Å²) in [6.45, 7) is -0.405. The fourth-order valence-electron chi connectivity index (χ4n) is 1.05. The number of anilines is 1. The van der Waals surface area contributed by atoms with Gasteiger partial charge < -0.3 is 16.2 Å². The molecular formula is C8H8F4N2O. The van der Waals surface area contributed by atoms with E-state index in [9.17, 15) is 17.6 Å².